The second-order valence-electron chi connectivity index (χ2n) is 6.42. The van der Waals surface area contributed by atoms with Crippen LogP contribution in [0.2, 0.25) is 0 Å². The molecule has 0 spiro atoms. The molecule has 2 rings (SSSR count). The molecule has 2 nitrogen and oxygen atoms in total. The van der Waals surface area contributed by atoms with Crippen molar-refractivity contribution in [3.8, 4) is 5.40 Å². The minimum absolute atomic E-state index is 0.573. The van der Waals surface area contributed by atoms with Gasteiger partial charge in [-0.05, 0) is 68.7 Å². The summed E-state index contributed by atoms with van der Waals surface area (Å²) in [6.45, 7) is 7.06. The van der Waals surface area contributed by atoms with Crippen LogP contribution < -0.4 is 0 Å². The predicted octanol–water partition coefficient (Wildman–Crippen LogP) is 3.88. The molecule has 0 aromatic rings. The topological polar surface area (TPSA) is 27.0 Å². The van der Waals surface area contributed by atoms with E-state index in [1.807, 2.05) is 0 Å². The fourth-order valence-corrected chi connectivity index (χ4v) is 4.31. The molecule has 1 aliphatic carbocycles. The highest BCUT2D eigenvalue weighted by Crippen LogP contribution is 2.34. The largest absolute Gasteiger partial charge is 0.299 e. The molecule has 0 N–H and O–H groups in total. The van der Waals surface area contributed by atoms with Crippen LogP contribution in [0.15, 0.2) is 0 Å². The quantitative estimate of drug-likeness (QED) is 0.723. The Morgan fingerprint density at radius 3 is 2.56 bits per heavy atom. The average Bonchev–Trinajstić information content (AvgIpc) is 2.78. The molecule has 1 saturated carbocycles. The van der Waals surface area contributed by atoms with Crippen LogP contribution in [0.5, 0.6) is 0 Å². The maximum absolute atomic E-state index is 8.74. The number of nitrogens with zero attached hydrogens (tertiary/aromatic N) is 2. The van der Waals surface area contributed by atoms with E-state index >= 15 is 0 Å². The molecule has 2 aliphatic rings. The summed E-state index contributed by atoms with van der Waals surface area (Å²) < 4.78 is 0. The molecule has 18 heavy (non-hydrogen) atoms. The number of thiocyanates is 1. The Kier molecular flexibility index (Phi) is 5.38. The third kappa shape index (κ3) is 3.90. The third-order valence-corrected chi connectivity index (χ3v) is 5.36. The third-order valence-electron chi connectivity index (χ3n) is 4.53. The van der Waals surface area contributed by atoms with Crippen LogP contribution in [0.3, 0.4) is 0 Å². The Balaban J connectivity index is 1.72. The molecule has 0 amide bonds. The van der Waals surface area contributed by atoms with Crippen LogP contribution in [0, 0.1) is 22.5 Å². The Morgan fingerprint density at radius 2 is 1.94 bits per heavy atom. The number of hydrogen-bond acceptors (Lipinski definition) is 3. The SMILES string of the molecule is CC(C)CC1CCC(N2CCC(SC#N)C2)CC1. The molecule has 1 unspecified atom stereocenters. The van der Waals surface area contributed by atoms with Crippen molar-refractivity contribution in [2.45, 2.75) is 63.7 Å². The molecule has 0 aromatic heterocycles. The molecule has 0 radical (unpaired) electrons. The summed E-state index contributed by atoms with van der Waals surface area (Å²) >= 11 is 1.48. The van der Waals surface area contributed by atoms with E-state index in [2.05, 4.69) is 24.1 Å². The van der Waals surface area contributed by atoms with Crippen molar-refractivity contribution in [1.82, 2.24) is 4.90 Å². The minimum atomic E-state index is 0.573. The van der Waals surface area contributed by atoms with Crippen molar-refractivity contribution in [2.24, 2.45) is 11.8 Å². The monoisotopic (exact) mass is 266 g/mol. The number of hydrogen-bond donors (Lipinski definition) is 0. The highest BCUT2D eigenvalue weighted by Gasteiger charge is 2.31. The van der Waals surface area contributed by atoms with Gasteiger partial charge in [0.2, 0.25) is 0 Å². The first-order valence-corrected chi connectivity index (χ1v) is 8.35. The van der Waals surface area contributed by atoms with Gasteiger partial charge in [-0.1, -0.05) is 13.8 Å². The summed E-state index contributed by atoms with van der Waals surface area (Å²) in [6, 6.07) is 0.817. The van der Waals surface area contributed by atoms with E-state index in [1.54, 1.807) is 0 Å². The van der Waals surface area contributed by atoms with Gasteiger partial charge in [-0.15, -0.1) is 0 Å². The molecular formula is C15H26N2S. The van der Waals surface area contributed by atoms with Crippen molar-refractivity contribution < 1.29 is 0 Å². The second-order valence-corrected chi connectivity index (χ2v) is 7.50. The van der Waals surface area contributed by atoms with Gasteiger partial charge in [0.05, 0.1) is 0 Å². The predicted molar refractivity (Wildman–Crippen MR) is 78.4 cm³/mol. The molecule has 1 saturated heterocycles. The lowest BCUT2D eigenvalue weighted by molar-refractivity contribution is 0.156. The first-order valence-electron chi connectivity index (χ1n) is 7.47. The van der Waals surface area contributed by atoms with Crippen molar-refractivity contribution in [1.29, 1.82) is 5.26 Å². The van der Waals surface area contributed by atoms with Crippen molar-refractivity contribution >= 4 is 11.8 Å². The van der Waals surface area contributed by atoms with Gasteiger partial charge < -0.3 is 0 Å². The normalized spacial score (nSPS) is 33.8. The van der Waals surface area contributed by atoms with Gasteiger partial charge in [0, 0.05) is 17.8 Å². The van der Waals surface area contributed by atoms with E-state index in [4.69, 9.17) is 5.26 Å². The molecule has 102 valence electrons. The van der Waals surface area contributed by atoms with Gasteiger partial charge in [0.25, 0.3) is 0 Å². The maximum Gasteiger partial charge on any atom is 0.133 e. The molecule has 3 heteroatoms. The van der Waals surface area contributed by atoms with Crippen LogP contribution >= 0.6 is 11.8 Å². The fourth-order valence-electron chi connectivity index (χ4n) is 3.67. The van der Waals surface area contributed by atoms with Gasteiger partial charge in [-0.2, -0.15) is 5.26 Å². The zero-order valence-corrected chi connectivity index (χ0v) is 12.6. The van der Waals surface area contributed by atoms with E-state index in [0.717, 1.165) is 24.4 Å². The maximum atomic E-state index is 8.74. The van der Waals surface area contributed by atoms with E-state index in [9.17, 15) is 0 Å². The lowest BCUT2D eigenvalue weighted by Gasteiger charge is -2.35. The Morgan fingerprint density at radius 1 is 1.22 bits per heavy atom. The first kappa shape index (κ1) is 14.2. The van der Waals surface area contributed by atoms with Crippen molar-refractivity contribution in [2.75, 3.05) is 13.1 Å². The standard InChI is InChI=1S/C15H26N2S/c1-12(2)9-13-3-5-14(6-4-13)17-8-7-15(10-17)18-11-16/h12-15H,3-10H2,1-2H3. The van der Waals surface area contributed by atoms with Crippen LogP contribution in [-0.4, -0.2) is 29.3 Å². The van der Waals surface area contributed by atoms with E-state index in [-0.39, 0.29) is 0 Å². The summed E-state index contributed by atoms with van der Waals surface area (Å²) in [5.74, 6) is 1.84. The van der Waals surface area contributed by atoms with Gasteiger partial charge in [0.15, 0.2) is 0 Å². The number of likely N-dealkylation sites (tertiary alicyclic amines) is 1. The Labute approximate surface area is 116 Å². The number of rotatable bonds is 4. The van der Waals surface area contributed by atoms with Crippen molar-refractivity contribution in [3.63, 3.8) is 0 Å². The molecule has 1 aliphatic heterocycles. The first-order chi connectivity index (χ1) is 8.69. The minimum Gasteiger partial charge on any atom is -0.299 e. The second kappa shape index (κ2) is 6.82. The van der Waals surface area contributed by atoms with E-state index in [0.29, 0.717) is 5.25 Å². The van der Waals surface area contributed by atoms with Gasteiger partial charge in [0.1, 0.15) is 5.40 Å². The highest BCUT2D eigenvalue weighted by molar-refractivity contribution is 8.04. The summed E-state index contributed by atoms with van der Waals surface area (Å²) in [7, 11) is 0. The zero-order chi connectivity index (χ0) is 13.0. The summed E-state index contributed by atoms with van der Waals surface area (Å²) in [4.78, 5) is 2.65. The van der Waals surface area contributed by atoms with Crippen LogP contribution in [0.4, 0.5) is 0 Å². The van der Waals surface area contributed by atoms with Crippen LogP contribution in [0.1, 0.15) is 52.4 Å². The molecule has 0 aromatic carbocycles. The lowest BCUT2D eigenvalue weighted by atomic mass is 9.81. The fraction of sp³-hybridized carbons (Fsp3) is 0.933. The molecule has 0 bridgehead atoms. The Hall–Kier alpha value is -0.200. The summed E-state index contributed by atoms with van der Waals surface area (Å²) in [5, 5.41) is 11.6. The lowest BCUT2D eigenvalue weighted by Crippen LogP contribution is -2.36. The highest BCUT2D eigenvalue weighted by atomic mass is 32.2. The van der Waals surface area contributed by atoms with Gasteiger partial charge in [-0.25, -0.2) is 0 Å². The molecule has 2 fully saturated rings. The number of thioether (sulfide) groups is 1. The van der Waals surface area contributed by atoms with Gasteiger partial charge >= 0.3 is 0 Å². The van der Waals surface area contributed by atoms with Crippen LogP contribution in [0.25, 0.3) is 0 Å². The smallest absolute Gasteiger partial charge is 0.133 e. The van der Waals surface area contributed by atoms with Crippen molar-refractivity contribution in [3.05, 3.63) is 0 Å². The molecule has 1 atom stereocenters. The summed E-state index contributed by atoms with van der Waals surface area (Å²) in [5.41, 5.74) is 0. The molecular weight excluding hydrogens is 240 g/mol. The van der Waals surface area contributed by atoms with E-state index in [1.165, 1.54) is 56.8 Å². The summed E-state index contributed by atoms with van der Waals surface area (Å²) in [6.07, 6.45) is 8.26. The molecule has 1 heterocycles. The van der Waals surface area contributed by atoms with Gasteiger partial charge in [-0.3, -0.25) is 4.90 Å². The Bertz CT molecular complexity index is 289. The number of nitriles is 1. The zero-order valence-electron chi connectivity index (χ0n) is 11.8. The average molecular weight is 266 g/mol. The van der Waals surface area contributed by atoms with Crippen LogP contribution in [-0.2, 0) is 0 Å². The van der Waals surface area contributed by atoms with E-state index < -0.39 is 0 Å².